The number of nitrogens with one attached hydrogen (secondary N) is 1. The van der Waals surface area contributed by atoms with Crippen LogP contribution in [0.25, 0.3) is 10.8 Å². The molecule has 5 heteroatoms. The number of nitrogens with zero attached hydrogens (tertiary/aromatic N) is 2. The van der Waals surface area contributed by atoms with E-state index in [1.165, 1.54) is 22.9 Å². The molecule has 0 spiro atoms. The fraction of sp³-hybridized carbons (Fsp3) is 0.250. The minimum atomic E-state index is 0.0430. The molecule has 1 aromatic heterocycles. The molecule has 25 heavy (non-hydrogen) atoms. The fourth-order valence-corrected chi connectivity index (χ4v) is 4.18. The third-order valence-electron chi connectivity index (χ3n) is 4.58. The zero-order chi connectivity index (χ0) is 17.1. The second kappa shape index (κ2) is 7.23. The first-order valence-corrected chi connectivity index (χ1v) is 9.50. The maximum Gasteiger partial charge on any atom is 0.230 e. The molecular formula is C20H19N3OS. The highest BCUT2D eigenvalue weighted by molar-refractivity contribution is 8.00. The average molecular weight is 349 g/mol. The Balaban J connectivity index is 1.43. The molecule has 1 heterocycles. The van der Waals surface area contributed by atoms with E-state index in [2.05, 4.69) is 33.7 Å². The third-order valence-corrected chi connectivity index (χ3v) is 5.56. The van der Waals surface area contributed by atoms with Crippen LogP contribution < -0.4 is 5.32 Å². The largest absolute Gasteiger partial charge is 0.349 e. The van der Waals surface area contributed by atoms with E-state index < -0.39 is 0 Å². The average Bonchev–Trinajstić information content (AvgIpc) is 2.66. The number of amides is 1. The fourth-order valence-electron chi connectivity index (χ4n) is 3.38. The van der Waals surface area contributed by atoms with Crippen LogP contribution in [-0.2, 0) is 11.2 Å². The number of benzene rings is 2. The van der Waals surface area contributed by atoms with Gasteiger partial charge in [-0.15, -0.1) is 5.10 Å². The van der Waals surface area contributed by atoms with Crippen LogP contribution in [0.3, 0.4) is 0 Å². The van der Waals surface area contributed by atoms with Crippen molar-refractivity contribution in [1.29, 1.82) is 0 Å². The lowest BCUT2D eigenvalue weighted by atomic mass is 9.88. The molecule has 126 valence electrons. The Bertz CT molecular complexity index is 907. The van der Waals surface area contributed by atoms with Crippen molar-refractivity contribution in [2.75, 3.05) is 5.75 Å². The Hall–Kier alpha value is -2.40. The highest BCUT2D eigenvalue weighted by atomic mass is 32.2. The van der Waals surface area contributed by atoms with Crippen LogP contribution in [0, 0.1) is 0 Å². The summed E-state index contributed by atoms with van der Waals surface area (Å²) in [6.45, 7) is 0. The summed E-state index contributed by atoms with van der Waals surface area (Å²) in [6.07, 6.45) is 4.96. The molecule has 4 nitrogen and oxygen atoms in total. The summed E-state index contributed by atoms with van der Waals surface area (Å²) in [5.41, 5.74) is 2.61. The van der Waals surface area contributed by atoms with Crippen molar-refractivity contribution < 1.29 is 4.79 Å². The summed E-state index contributed by atoms with van der Waals surface area (Å²) < 4.78 is 0. The zero-order valence-electron chi connectivity index (χ0n) is 13.8. The number of aromatic nitrogens is 2. The minimum Gasteiger partial charge on any atom is -0.349 e. The topological polar surface area (TPSA) is 54.9 Å². The number of hydrogen-bond donors (Lipinski definition) is 1. The second-order valence-corrected chi connectivity index (χ2v) is 7.20. The smallest absolute Gasteiger partial charge is 0.230 e. The number of thioether (sulfide) groups is 1. The van der Waals surface area contributed by atoms with Gasteiger partial charge in [0.15, 0.2) is 0 Å². The Labute approximate surface area is 151 Å². The lowest BCUT2D eigenvalue weighted by molar-refractivity contribution is -0.119. The molecule has 1 N–H and O–H groups in total. The molecule has 0 radical (unpaired) electrons. The Morgan fingerprint density at radius 1 is 1.16 bits per heavy atom. The van der Waals surface area contributed by atoms with E-state index in [1.54, 1.807) is 6.20 Å². The van der Waals surface area contributed by atoms with Gasteiger partial charge in [-0.05, 0) is 30.4 Å². The van der Waals surface area contributed by atoms with Crippen LogP contribution in [0.1, 0.15) is 30.0 Å². The molecule has 1 aliphatic carbocycles. The van der Waals surface area contributed by atoms with Crippen molar-refractivity contribution in [3.8, 4) is 0 Å². The number of carbonyl (C=O) groups is 1. The van der Waals surface area contributed by atoms with Crippen molar-refractivity contribution in [3.05, 3.63) is 65.9 Å². The lowest BCUT2D eigenvalue weighted by Gasteiger charge is -2.26. The third kappa shape index (κ3) is 3.51. The summed E-state index contributed by atoms with van der Waals surface area (Å²) >= 11 is 1.44. The minimum absolute atomic E-state index is 0.0430. The molecule has 0 saturated heterocycles. The number of hydrogen-bond acceptors (Lipinski definition) is 4. The van der Waals surface area contributed by atoms with Crippen molar-refractivity contribution in [1.82, 2.24) is 15.5 Å². The molecule has 0 aliphatic heterocycles. The first kappa shape index (κ1) is 16.1. The first-order chi connectivity index (χ1) is 12.3. The van der Waals surface area contributed by atoms with Crippen LogP contribution in [0.5, 0.6) is 0 Å². The van der Waals surface area contributed by atoms with Crippen LogP contribution in [0.15, 0.2) is 59.8 Å². The molecule has 4 rings (SSSR count). The second-order valence-electron chi connectivity index (χ2n) is 6.24. The van der Waals surface area contributed by atoms with Gasteiger partial charge in [0, 0.05) is 10.8 Å². The van der Waals surface area contributed by atoms with Crippen LogP contribution in [-0.4, -0.2) is 21.9 Å². The molecule has 1 aliphatic rings. The number of carbonyl (C=O) groups excluding carboxylic acids is 1. The highest BCUT2D eigenvalue weighted by Gasteiger charge is 2.21. The van der Waals surface area contributed by atoms with Gasteiger partial charge in [-0.3, -0.25) is 4.79 Å². The van der Waals surface area contributed by atoms with Gasteiger partial charge in [0.2, 0.25) is 5.91 Å². The Morgan fingerprint density at radius 3 is 2.96 bits per heavy atom. The maximum absolute atomic E-state index is 12.5. The van der Waals surface area contributed by atoms with E-state index in [-0.39, 0.29) is 11.9 Å². The van der Waals surface area contributed by atoms with Crippen LogP contribution in [0.4, 0.5) is 0 Å². The SMILES string of the molecule is O=C(CSc1nncc2ccccc12)N[C@H]1CCCc2ccccc21. The summed E-state index contributed by atoms with van der Waals surface area (Å²) in [6, 6.07) is 16.5. The van der Waals surface area contributed by atoms with Gasteiger partial charge in [0.05, 0.1) is 18.0 Å². The summed E-state index contributed by atoms with van der Waals surface area (Å²) in [5.74, 6) is 0.392. The summed E-state index contributed by atoms with van der Waals surface area (Å²) in [4.78, 5) is 12.5. The highest BCUT2D eigenvalue weighted by Crippen LogP contribution is 2.30. The molecule has 0 saturated carbocycles. The van der Waals surface area contributed by atoms with Gasteiger partial charge in [-0.2, -0.15) is 5.10 Å². The zero-order valence-corrected chi connectivity index (χ0v) is 14.6. The summed E-state index contributed by atoms with van der Waals surface area (Å²) in [7, 11) is 0. The Morgan fingerprint density at radius 2 is 2.00 bits per heavy atom. The van der Waals surface area contributed by atoms with Crippen molar-refractivity contribution in [2.24, 2.45) is 0 Å². The van der Waals surface area contributed by atoms with Gasteiger partial charge in [-0.25, -0.2) is 0 Å². The van der Waals surface area contributed by atoms with Crippen LogP contribution in [0.2, 0.25) is 0 Å². The van der Waals surface area contributed by atoms with E-state index in [0.717, 1.165) is 35.1 Å². The monoisotopic (exact) mass is 349 g/mol. The molecule has 2 aromatic carbocycles. The van der Waals surface area contributed by atoms with E-state index in [0.29, 0.717) is 5.75 Å². The number of aryl methyl sites for hydroxylation is 1. The van der Waals surface area contributed by atoms with Gasteiger partial charge in [-0.1, -0.05) is 60.3 Å². The van der Waals surface area contributed by atoms with Crippen molar-refractivity contribution in [3.63, 3.8) is 0 Å². The van der Waals surface area contributed by atoms with Crippen molar-refractivity contribution >= 4 is 28.4 Å². The first-order valence-electron chi connectivity index (χ1n) is 8.51. The molecule has 0 unspecified atom stereocenters. The number of fused-ring (bicyclic) bond motifs is 2. The van der Waals surface area contributed by atoms with Crippen LogP contribution >= 0.6 is 11.8 Å². The van der Waals surface area contributed by atoms with Gasteiger partial charge >= 0.3 is 0 Å². The normalized spacial score (nSPS) is 16.4. The lowest BCUT2D eigenvalue weighted by Crippen LogP contribution is -2.32. The maximum atomic E-state index is 12.5. The predicted octanol–water partition coefficient (Wildman–Crippen LogP) is 3.92. The summed E-state index contributed by atoms with van der Waals surface area (Å²) in [5, 5.41) is 14.3. The molecule has 1 amide bonds. The molecule has 0 fully saturated rings. The van der Waals surface area contributed by atoms with E-state index in [4.69, 9.17) is 0 Å². The van der Waals surface area contributed by atoms with E-state index in [1.807, 2.05) is 30.3 Å². The molecular weight excluding hydrogens is 330 g/mol. The molecule has 0 bridgehead atoms. The van der Waals surface area contributed by atoms with E-state index >= 15 is 0 Å². The van der Waals surface area contributed by atoms with Gasteiger partial charge in [0.1, 0.15) is 5.03 Å². The standard InChI is InChI=1S/C20H19N3OS/c24-19(22-18-11-5-8-14-6-1-3-9-16(14)18)13-25-20-17-10-4-2-7-15(17)12-21-23-20/h1-4,6-7,9-10,12,18H,5,8,11,13H2,(H,22,24)/t18-/m0/s1. The van der Waals surface area contributed by atoms with Gasteiger partial charge < -0.3 is 5.32 Å². The predicted molar refractivity (Wildman–Crippen MR) is 101 cm³/mol. The van der Waals surface area contributed by atoms with E-state index in [9.17, 15) is 4.79 Å². The molecule has 1 atom stereocenters. The Kier molecular flexibility index (Phi) is 4.65. The quantitative estimate of drug-likeness (QED) is 0.726. The number of rotatable bonds is 4. The van der Waals surface area contributed by atoms with Crippen molar-refractivity contribution in [2.45, 2.75) is 30.3 Å². The molecule has 3 aromatic rings. The van der Waals surface area contributed by atoms with Gasteiger partial charge in [0.25, 0.3) is 0 Å².